The number of hydrogen-bond donors (Lipinski definition) is 2. The summed E-state index contributed by atoms with van der Waals surface area (Å²) in [5, 5.41) is 11.8. The third-order valence-electron chi connectivity index (χ3n) is 4.97. The summed E-state index contributed by atoms with van der Waals surface area (Å²) in [7, 11) is 0. The first-order chi connectivity index (χ1) is 14.5. The van der Waals surface area contributed by atoms with Crippen LogP contribution in [0.4, 0.5) is 18.9 Å². The van der Waals surface area contributed by atoms with E-state index in [0.29, 0.717) is 37.9 Å². The van der Waals surface area contributed by atoms with Crippen LogP contribution in [0.1, 0.15) is 24.5 Å². The molecule has 1 aromatic heterocycles. The third kappa shape index (κ3) is 5.72. The number of rotatable bonds is 6. The highest BCUT2D eigenvalue weighted by atomic mass is 19.4. The molecule has 166 valence electrons. The van der Waals surface area contributed by atoms with Gasteiger partial charge in [-0.3, -0.25) is 14.6 Å². The van der Waals surface area contributed by atoms with Crippen molar-refractivity contribution in [3.05, 3.63) is 53.9 Å². The number of ether oxygens (including phenoxy) is 1. The molecule has 10 heteroatoms. The van der Waals surface area contributed by atoms with Crippen LogP contribution in [0, 0.1) is 0 Å². The van der Waals surface area contributed by atoms with Crippen LogP contribution in [0.2, 0.25) is 0 Å². The van der Waals surface area contributed by atoms with E-state index in [-0.39, 0.29) is 12.5 Å². The van der Waals surface area contributed by atoms with Gasteiger partial charge in [-0.25, -0.2) is 0 Å². The number of nitrogens with one attached hydrogen (secondary N) is 1. The van der Waals surface area contributed by atoms with Crippen LogP contribution in [-0.2, 0) is 22.6 Å². The van der Waals surface area contributed by atoms with Gasteiger partial charge >= 0.3 is 6.18 Å². The molecule has 0 saturated carbocycles. The number of carbonyl (C=O) groups excluding carboxylic acids is 2. The minimum absolute atomic E-state index is 0.117. The van der Waals surface area contributed by atoms with Gasteiger partial charge in [0, 0.05) is 25.0 Å². The molecule has 0 spiro atoms. The van der Waals surface area contributed by atoms with Gasteiger partial charge in [0.25, 0.3) is 5.91 Å². The zero-order chi connectivity index (χ0) is 22.6. The maximum atomic E-state index is 12.7. The van der Waals surface area contributed by atoms with Gasteiger partial charge in [0.1, 0.15) is 5.75 Å². The minimum Gasteiger partial charge on any atom is -0.482 e. The van der Waals surface area contributed by atoms with Gasteiger partial charge in [-0.2, -0.15) is 13.2 Å². The molecule has 3 rings (SSSR count). The van der Waals surface area contributed by atoms with Crippen molar-refractivity contribution in [2.45, 2.75) is 38.1 Å². The highest BCUT2D eigenvalue weighted by molar-refractivity contribution is 5.91. The molecule has 0 saturated heterocycles. The number of halogens is 3. The zero-order valence-electron chi connectivity index (χ0n) is 16.8. The van der Waals surface area contributed by atoms with Crippen molar-refractivity contribution in [1.82, 2.24) is 9.88 Å². The predicted octanol–water partition coefficient (Wildman–Crippen LogP) is 2.69. The van der Waals surface area contributed by atoms with Gasteiger partial charge in [0.15, 0.2) is 12.2 Å². The molecule has 0 radical (unpaired) electrons. The van der Waals surface area contributed by atoms with Crippen molar-refractivity contribution in [3.63, 3.8) is 0 Å². The van der Waals surface area contributed by atoms with Crippen LogP contribution in [0.25, 0.3) is 0 Å². The number of aromatic nitrogens is 1. The fourth-order valence-electron chi connectivity index (χ4n) is 3.13. The first kappa shape index (κ1) is 22.5. The summed E-state index contributed by atoms with van der Waals surface area (Å²) in [5.74, 6) is -0.623. The molecule has 7 nitrogen and oxygen atoms in total. The van der Waals surface area contributed by atoms with Crippen molar-refractivity contribution >= 4 is 17.5 Å². The number of nitrogens with zero attached hydrogens (tertiary/aromatic N) is 2. The van der Waals surface area contributed by atoms with Gasteiger partial charge < -0.3 is 20.1 Å². The largest absolute Gasteiger partial charge is 0.482 e. The van der Waals surface area contributed by atoms with Crippen LogP contribution in [0.5, 0.6) is 5.75 Å². The van der Waals surface area contributed by atoms with Gasteiger partial charge in [-0.05, 0) is 48.7 Å². The van der Waals surface area contributed by atoms with E-state index in [4.69, 9.17) is 4.74 Å². The Morgan fingerprint density at radius 1 is 1.26 bits per heavy atom. The number of hydrogen-bond acceptors (Lipinski definition) is 5. The van der Waals surface area contributed by atoms with Crippen molar-refractivity contribution in [2.24, 2.45) is 0 Å². The molecule has 31 heavy (non-hydrogen) atoms. The van der Waals surface area contributed by atoms with E-state index >= 15 is 0 Å². The Bertz CT molecular complexity index is 949. The molecule has 2 amide bonds. The molecular weight excluding hydrogens is 415 g/mol. The highest BCUT2D eigenvalue weighted by Crippen LogP contribution is 2.33. The standard InChI is InChI=1S/C21H22F3N3O4/c1-20(30,21(22,23)24)10-18(28)26-16-5-4-15-12-27(8-6-14(15)9-16)19(29)13-31-17-3-2-7-25-11-17/h2-5,7,9,11,30H,6,8,10,12-13H2,1H3,(H,26,28). The summed E-state index contributed by atoms with van der Waals surface area (Å²) in [4.78, 5) is 29.9. The molecule has 0 bridgehead atoms. The topological polar surface area (TPSA) is 91.8 Å². The Morgan fingerprint density at radius 2 is 2.03 bits per heavy atom. The maximum Gasteiger partial charge on any atom is 0.417 e. The number of amides is 2. The fraction of sp³-hybridized carbons (Fsp3) is 0.381. The Labute approximate surface area is 176 Å². The zero-order valence-corrected chi connectivity index (χ0v) is 16.8. The van der Waals surface area contributed by atoms with E-state index in [1.165, 1.54) is 6.20 Å². The molecule has 0 fully saturated rings. The Hall–Kier alpha value is -3.14. The van der Waals surface area contributed by atoms with Crippen LogP contribution < -0.4 is 10.1 Å². The Balaban J connectivity index is 1.56. The van der Waals surface area contributed by atoms with E-state index in [1.54, 1.807) is 41.4 Å². The van der Waals surface area contributed by atoms with E-state index < -0.39 is 24.1 Å². The monoisotopic (exact) mass is 437 g/mol. The molecule has 1 atom stereocenters. The second kappa shape index (κ2) is 8.93. The quantitative estimate of drug-likeness (QED) is 0.725. The van der Waals surface area contributed by atoms with E-state index in [2.05, 4.69) is 10.3 Å². The second-order valence-corrected chi connectivity index (χ2v) is 7.52. The maximum absolute atomic E-state index is 12.7. The first-order valence-corrected chi connectivity index (χ1v) is 9.56. The summed E-state index contributed by atoms with van der Waals surface area (Å²) < 4.78 is 43.6. The lowest BCUT2D eigenvalue weighted by atomic mass is 9.98. The Morgan fingerprint density at radius 3 is 2.71 bits per heavy atom. The second-order valence-electron chi connectivity index (χ2n) is 7.52. The molecule has 1 aliphatic rings. The normalized spacial score (nSPS) is 15.6. The summed E-state index contributed by atoms with van der Waals surface area (Å²) in [6.07, 6.45) is -2.37. The Kier molecular flexibility index (Phi) is 6.49. The van der Waals surface area contributed by atoms with E-state index in [0.717, 1.165) is 11.1 Å². The van der Waals surface area contributed by atoms with Crippen molar-refractivity contribution in [2.75, 3.05) is 18.5 Å². The number of fused-ring (bicyclic) bond motifs is 1. The summed E-state index contributed by atoms with van der Waals surface area (Å²) in [6, 6.07) is 8.35. The van der Waals surface area contributed by atoms with E-state index in [9.17, 15) is 27.9 Å². The van der Waals surface area contributed by atoms with Gasteiger partial charge in [-0.1, -0.05) is 6.07 Å². The molecule has 2 heterocycles. The minimum atomic E-state index is -4.91. The average Bonchev–Trinajstić information content (AvgIpc) is 2.71. The average molecular weight is 437 g/mol. The molecule has 2 N–H and O–H groups in total. The van der Waals surface area contributed by atoms with Crippen molar-refractivity contribution in [3.8, 4) is 5.75 Å². The molecular formula is C21H22F3N3O4. The van der Waals surface area contributed by atoms with Crippen LogP contribution in [-0.4, -0.2) is 51.7 Å². The highest BCUT2D eigenvalue weighted by Gasteiger charge is 2.51. The first-order valence-electron chi connectivity index (χ1n) is 9.56. The van der Waals surface area contributed by atoms with Gasteiger partial charge in [-0.15, -0.1) is 0 Å². The molecule has 2 aromatic rings. The summed E-state index contributed by atoms with van der Waals surface area (Å²) in [5.41, 5.74) is -1.01. The predicted molar refractivity (Wildman–Crippen MR) is 105 cm³/mol. The number of alkyl halides is 3. The van der Waals surface area contributed by atoms with Gasteiger partial charge in [0.05, 0.1) is 12.6 Å². The SMILES string of the molecule is CC(O)(CC(=O)Nc1ccc2c(c1)CCN(C(=O)COc1cccnc1)C2)C(F)(F)F. The molecule has 1 aliphatic heterocycles. The summed E-state index contributed by atoms with van der Waals surface area (Å²) >= 11 is 0. The number of anilines is 1. The van der Waals surface area contributed by atoms with Crippen LogP contribution in [0.3, 0.4) is 0 Å². The lowest BCUT2D eigenvalue weighted by molar-refractivity contribution is -0.252. The third-order valence-corrected chi connectivity index (χ3v) is 4.97. The molecule has 1 unspecified atom stereocenters. The summed E-state index contributed by atoms with van der Waals surface area (Å²) in [6.45, 7) is 1.25. The number of aliphatic hydroxyl groups is 1. The number of pyridine rings is 1. The van der Waals surface area contributed by atoms with Crippen molar-refractivity contribution in [1.29, 1.82) is 0 Å². The van der Waals surface area contributed by atoms with Crippen molar-refractivity contribution < 1.29 is 32.6 Å². The lowest BCUT2D eigenvalue weighted by Crippen LogP contribution is -2.44. The number of benzene rings is 1. The van der Waals surface area contributed by atoms with Crippen LogP contribution >= 0.6 is 0 Å². The molecule has 1 aromatic carbocycles. The van der Waals surface area contributed by atoms with Gasteiger partial charge in [0.2, 0.25) is 5.91 Å². The van der Waals surface area contributed by atoms with Crippen LogP contribution in [0.15, 0.2) is 42.7 Å². The number of carbonyl (C=O) groups is 2. The lowest BCUT2D eigenvalue weighted by Gasteiger charge is -2.29. The van der Waals surface area contributed by atoms with E-state index in [1.807, 2.05) is 0 Å². The fourth-order valence-corrected chi connectivity index (χ4v) is 3.13. The molecule has 0 aliphatic carbocycles. The smallest absolute Gasteiger partial charge is 0.417 e.